The summed E-state index contributed by atoms with van der Waals surface area (Å²) in [6, 6.07) is 0. The van der Waals surface area contributed by atoms with E-state index in [1.807, 2.05) is 0 Å². The van der Waals surface area contributed by atoms with Gasteiger partial charge in [-0.15, -0.1) is 0 Å². The Hall–Kier alpha value is -2.26. The van der Waals surface area contributed by atoms with Crippen molar-refractivity contribution in [1.82, 2.24) is 0 Å². The zero-order valence-corrected chi connectivity index (χ0v) is 16.2. The van der Waals surface area contributed by atoms with Gasteiger partial charge in [-0.25, -0.2) is 18.9 Å². The first kappa shape index (κ1) is 23.7. The first-order valence-corrected chi connectivity index (χ1v) is 8.76. The summed E-state index contributed by atoms with van der Waals surface area (Å²) in [7, 11) is -4.94. The third-order valence-electron chi connectivity index (χ3n) is 2.88. The molecule has 0 radical (unpaired) electrons. The summed E-state index contributed by atoms with van der Waals surface area (Å²) in [5, 5.41) is 0. The van der Waals surface area contributed by atoms with E-state index < -0.39 is 25.7 Å². The van der Waals surface area contributed by atoms with Crippen molar-refractivity contribution >= 4 is 25.7 Å². The Morgan fingerprint density at radius 1 is 0.615 bits per heavy atom. The van der Waals surface area contributed by atoms with Crippen LogP contribution in [0.1, 0.15) is 41.5 Å². The lowest BCUT2D eigenvalue weighted by molar-refractivity contribution is -0.293. The molecule has 0 heterocycles. The second kappa shape index (κ2) is 11.4. The van der Waals surface area contributed by atoms with Gasteiger partial charge < -0.3 is 0 Å². The zero-order chi connectivity index (χ0) is 20.3. The largest absolute Gasteiger partial charge is 0.584 e. The van der Waals surface area contributed by atoms with E-state index in [1.54, 1.807) is 20.8 Å². The summed E-state index contributed by atoms with van der Waals surface area (Å²) in [5.41, 5.74) is 0.334. The predicted molar refractivity (Wildman–Crippen MR) is 87.4 cm³/mol. The molecule has 0 aliphatic carbocycles. The van der Waals surface area contributed by atoms with Gasteiger partial charge in [0, 0.05) is 16.7 Å². The van der Waals surface area contributed by atoms with Crippen molar-refractivity contribution in [3.63, 3.8) is 0 Å². The van der Waals surface area contributed by atoms with E-state index in [4.69, 9.17) is 0 Å². The third-order valence-corrected chi connectivity index (χ3v) is 3.65. The molecule has 0 unspecified atom stereocenters. The minimum Gasteiger partial charge on any atom is -0.282 e. The molecule has 26 heavy (non-hydrogen) atoms. The molecule has 0 spiro atoms. The van der Waals surface area contributed by atoms with E-state index in [-0.39, 0.29) is 16.7 Å². The van der Waals surface area contributed by atoms with Crippen LogP contribution in [0.2, 0.25) is 0 Å². The van der Waals surface area contributed by atoms with Crippen LogP contribution in [0.5, 0.6) is 0 Å². The molecule has 0 atom stereocenters. The van der Waals surface area contributed by atoms with Crippen LogP contribution in [0.4, 0.5) is 0 Å². The van der Waals surface area contributed by atoms with Gasteiger partial charge in [-0.1, -0.05) is 32.3 Å². The number of carbonyl (C=O) groups is 3. The summed E-state index contributed by atoms with van der Waals surface area (Å²) in [5.74, 6) is -3.06. The molecule has 0 aromatic heterocycles. The summed E-state index contributed by atoms with van der Waals surface area (Å²) < 4.78 is 25.1. The minimum atomic E-state index is -4.94. The minimum absolute atomic E-state index is 0.111. The van der Waals surface area contributed by atoms with Gasteiger partial charge in [0.2, 0.25) is 0 Å². The van der Waals surface area contributed by atoms with E-state index >= 15 is 0 Å². The molecule has 10 nitrogen and oxygen atoms in total. The summed E-state index contributed by atoms with van der Waals surface area (Å²) in [6.07, 6.45) is 4.18. The molecular formula is C15H21O10P. The number of hydrogen-bond acceptors (Lipinski definition) is 10. The number of rotatable bonds is 9. The first-order valence-electron chi connectivity index (χ1n) is 7.30. The van der Waals surface area contributed by atoms with E-state index in [0.717, 1.165) is 0 Å². The highest BCUT2D eigenvalue weighted by molar-refractivity contribution is 7.48. The Balaban J connectivity index is 5.12. The molecule has 0 aliphatic heterocycles. The Morgan fingerprint density at radius 3 is 1.04 bits per heavy atom. The summed E-state index contributed by atoms with van der Waals surface area (Å²) >= 11 is 0. The second-order valence-corrected chi connectivity index (χ2v) is 6.04. The molecule has 0 aromatic rings. The standard InChI is InChI=1S/C15H21O10P/c1-7-10(4)13(16)20-23-26(19,24-21-14(17)11(5)8-2)25-22-15(18)12(6)9-3/h7-9H,1-6H3/b10-7+,11-8+,12-9+. The smallest absolute Gasteiger partial charge is 0.282 e. The molecule has 0 rings (SSSR count). The fourth-order valence-corrected chi connectivity index (χ4v) is 1.38. The van der Waals surface area contributed by atoms with E-state index in [0.29, 0.717) is 0 Å². The van der Waals surface area contributed by atoms with Crippen molar-refractivity contribution in [2.75, 3.05) is 0 Å². The van der Waals surface area contributed by atoms with Gasteiger partial charge in [-0.3, -0.25) is 14.7 Å². The average molecular weight is 392 g/mol. The van der Waals surface area contributed by atoms with Crippen molar-refractivity contribution in [2.45, 2.75) is 41.5 Å². The van der Waals surface area contributed by atoms with Crippen LogP contribution < -0.4 is 0 Å². The highest BCUT2D eigenvalue weighted by Gasteiger charge is 2.38. The normalized spacial score (nSPS) is 13.2. The van der Waals surface area contributed by atoms with Crippen molar-refractivity contribution in [2.24, 2.45) is 0 Å². The van der Waals surface area contributed by atoms with Crippen molar-refractivity contribution in [1.29, 1.82) is 0 Å². The molecule has 0 saturated carbocycles. The molecule has 0 aromatic carbocycles. The lowest BCUT2D eigenvalue weighted by atomic mass is 10.3. The fourth-order valence-electron chi connectivity index (χ4n) is 0.826. The van der Waals surface area contributed by atoms with Crippen molar-refractivity contribution in [3.05, 3.63) is 34.9 Å². The van der Waals surface area contributed by atoms with Gasteiger partial charge in [0.25, 0.3) is 0 Å². The van der Waals surface area contributed by atoms with Crippen molar-refractivity contribution in [3.8, 4) is 0 Å². The number of phosphoric acid groups is 1. The molecule has 0 aliphatic rings. The van der Waals surface area contributed by atoms with Gasteiger partial charge in [0.05, 0.1) is 0 Å². The number of hydrogen-bond donors (Lipinski definition) is 0. The summed E-state index contributed by atoms with van der Waals surface area (Å²) in [4.78, 5) is 47.4. The van der Waals surface area contributed by atoms with Crippen LogP contribution in [-0.4, -0.2) is 17.9 Å². The lowest BCUT2D eigenvalue weighted by Crippen LogP contribution is -2.13. The van der Waals surface area contributed by atoms with Crippen LogP contribution in [-0.2, 0) is 47.6 Å². The maximum atomic E-state index is 12.3. The quantitative estimate of drug-likeness (QED) is 0.249. The highest BCUT2D eigenvalue weighted by atomic mass is 31.2. The Kier molecular flexibility index (Phi) is 10.4. The Bertz CT molecular complexity index is 584. The molecule has 146 valence electrons. The lowest BCUT2D eigenvalue weighted by Gasteiger charge is -2.13. The Morgan fingerprint density at radius 2 is 0.846 bits per heavy atom. The second-order valence-electron chi connectivity index (χ2n) is 4.70. The van der Waals surface area contributed by atoms with Gasteiger partial charge in [-0.05, 0) is 41.5 Å². The van der Waals surface area contributed by atoms with E-state index in [2.05, 4.69) is 28.7 Å². The molecule has 0 fully saturated rings. The highest BCUT2D eigenvalue weighted by Crippen LogP contribution is 2.50. The monoisotopic (exact) mass is 392 g/mol. The van der Waals surface area contributed by atoms with E-state index in [1.165, 1.54) is 39.0 Å². The topological polar surface area (TPSA) is 124 Å². The van der Waals surface area contributed by atoms with Gasteiger partial charge in [0.1, 0.15) is 0 Å². The van der Waals surface area contributed by atoms with Crippen molar-refractivity contribution < 1.29 is 47.6 Å². The van der Waals surface area contributed by atoms with Crippen LogP contribution in [0.25, 0.3) is 0 Å². The van der Waals surface area contributed by atoms with Crippen LogP contribution >= 0.6 is 7.82 Å². The van der Waals surface area contributed by atoms with Crippen LogP contribution in [0.15, 0.2) is 34.9 Å². The maximum absolute atomic E-state index is 12.3. The molecule has 0 saturated heterocycles. The molecule has 0 bridgehead atoms. The Labute approximate surface area is 150 Å². The molecule has 0 amide bonds. The van der Waals surface area contributed by atoms with Crippen LogP contribution in [0.3, 0.4) is 0 Å². The maximum Gasteiger partial charge on any atom is 0.584 e. The predicted octanol–water partition coefficient (Wildman–Crippen LogP) is 3.42. The van der Waals surface area contributed by atoms with Gasteiger partial charge >= 0.3 is 25.7 Å². The molecule has 0 N–H and O–H groups in total. The number of allylic oxidation sites excluding steroid dienone is 3. The molecule has 11 heteroatoms. The average Bonchev–Trinajstić information content (AvgIpc) is 2.66. The first-order chi connectivity index (χ1) is 12.1. The van der Waals surface area contributed by atoms with Gasteiger partial charge in [0.15, 0.2) is 0 Å². The molecular weight excluding hydrogens is 371 g/mol. The SMILES string of the molecule is C/C=C(\C)C(=O)OOP(=O)(OOC(=O)/C(C)=C/C)OOC(=O)/C(C)=C/C. The fraction of sp³-hybridized carbons (Fsp3) is 0.400. The van der Waals surface area contributed by atoms with E-state index in [9.17, 15) is 18.9 Å². The van der Waals surface area contributed by atoms with Gasteiger partial charge in [-0.2, -0.15) is 0 Å². The summed E-state index contributed by atoms with van der Waals surface area (Å²) in [6.45, 7) is 8.82. The zero-order valence-electron chi connectivity index (χ0n) is 15.3. The van der Waals surface area contributed by atoms with Crippen LogP contribution in [0, 0.1) is 0 Å². The number of carbonyl (C=O) groups excluding carboxylic acids is 3. The third kappa shape index (κ3) is 8.21.